The van der Waals surface area contributed by atoms with E-state index in [1.165, 1.54) is 5.56 Å². The Balaban J connectivity index is 1.94. The molecule has 19 heavy (non-hydrogen) atoms. The van der Waals surface area contributed by atoms with Gasteiger partial charge >= 0.3 is 6.18 Å². The summed E-state index contributed by atoms with van der Waals surface area (Å²) in [5, 5.41) is 0. The number of hydrogen-bond donors (Lipinski definition) is 0. The predicted molar refractivity (Wildman–Crippen MR) is 74.4 cm³/mol. The molecule has 1 aromatic rings. The Morgan fingerprint density at radius 3 is 2.47 bits per heavy atom. The molecule has 0 bridgehead atoms. The molecular weight excluding hydrogens is 317 g/mol. The average molecular weight is 335 g/mol. The third-order valence-corrected chi connectivity index (χ3v) is 5.03. The summed E-state index contributed by atoms with van der Waals surface area (Å²) in [7, 11) is 0. The van der Waals surface area contributed by atoms with Gasteiger partial charge in [-0.05, 0) is 37.2 Å². The molecule has 0 N–H and O–H groups in total. The van der Waals surface area contributed by atoms with Crippen molar-refractivity contribution < 1.29 is 13.2 Å². The van der Waals surface area contributed by atoms with Crippen molar-refractivity contribution in [3.63, 3.8) is 0 Å². The van der Waals surface area contributed by atoms with Gasteiger partial charge in [-0.15, -0.1) is 0 Å². The monoisotopic (exact) mass is 334 g/mol. The third kappa shape index (κ3) is 4.23. The largest absolute Gasteiger partial charge is 0.391 e. The van der Waals surface area contributed by atoms with Crippen LogP contribution in [0.4, 0.5) is 13.2 Å². The van der Waals surface area contributed by atoms with E-state index in [0.29, 0.717) is 12.8 Å². The Hall–Kier alpha value is -0.510. The van der Waals surface area contributed by atoms with Crippen molar-refractivity contribution in [1.82, 2.24) is 0 Å². The van der Waals surface area contributed by atoms with Crippen molar-refractivity contribution in [1.29, 1.82) is 0 Å². The summed E-state index contributed by atoms with van der Waals surface area (Å²) in [6, 6.07) is 9.94. The molecule has 0 aromatic heterocycles. The van der Waals surface area contributed by atoms with Crippen LogP contribution in [-0.4, -0.2) is 11.0 Å². The minimum atomic E-state index is -4.03. The standard InChI is InChI=1S/C15H18BrF3/c16-14(9-11-5-2-1-3-6-11)12-7-4-8-13(10-12)15(17,18)19/h1-3,5-6,12-14H,4,7-10H2. The van der Waals surface area contributed by atoms with Gasteiger partial charge in [-0.3, -0.25) is 0 Å². The predicted octanol–water partition coefficient (Wildman–Crippen LogP) is 5.36. The number of halogens is 4. The zero-order valence-corrected chi connectivity index (χ0v) is 12.3. The summed E-state index contributed by atoms with van der Waals surface area (Å²) in [4.78, 5) is 0.139. The van der Waals surface area contributed by atoms with Crippen molar-refractivity contribution in [3.05, 3.63) is 35.9 Å². The van der Waals surface area contributed by atoms with Gasteiger partial charge in [0.15, 0.2) is 0 Å². The number of benzene rings is 1. The summed E-state index contributed by atoms with van der Waals surface area (Å²) < 4.78 is 38.4. The van der Waals surface area contributed by atoms with Crippen LogP contribution in [0, 0.1) is 11.8 Å². The molecule has 4 heteroatoms. The van der Waals surface area contributed by atoms with Crippen molar-refractivity contribution in [2.24, 2.45) is 11.8 Å². The third-order valence-electron chi connectivity index (χ3n) is 3.96. The fourth-order valence-corrected chi connectivity index (χ4v) is 3.71. The van der Waals surface area contributed by atoms with Gasteiger partial charge in [0.05, 0.1) is 5.92 Å². The first kappa shape index (κ1) is 14.9. The molecule has 0 amide bonds. The number of rotatable bonds is 3. The maximum Gasteiger partial charge on any atom is 0.391 e. The summed E-state index contributed by atoms with van der Waals surface area (Å²) in [6.07, 6.45) is -1.08. The van der Waals surface area contributed by atoms with E-state index in [2.05, 4.69) is 15.9 Å². The van der Waals surface area contributed by atoms with Crippen LogP contribution in [0.1, 0.15) is 31.2 Å². The van der Waals surface area contributed by atoms with Crippen molar-refractivity contribution in [2.45, 2.75) is 43.1 Å². The van der Waals surface area contributed by atoms with Gasteiger partial charge in [0, 0.05) is 4.83 Å². The highest BCUT2D eigenvalue weighted by Gasteiger charge is 2.43. The van der Waals surface area contributed by atoms with Crippen LogP contribution in [0.2, 0.25) is 0 Å². The molecule has 2 rings (SSSR count). The summed E-state index contributed by atoms with van der Waals surface area (Å²) >= 11 is 3.60. The second-order valence-corrected chi connectivity index (χ2v) is 6.55. The highest BCUT2D eigenvalue weighted by atomic mass is 79.9. The maximum atomic E-state index is 12.8. The molecule has 0 saturated heterocycles. The normalized spacial score (nSPS) is 26.1. The molecule has 1 saturated carbocycles. The lowest BCUT2D eigenvalue weighted by atomic mass is 9.78. The second-order valence-electron chi connectivity index (χ2n) is 5.37. The molecule has 0 nitrogen and oxygen atoms in total. The molecule has 0 aliphatic heterocycles. The van der Waals surface area contributed by atoms with Gasteiger partial charge in [-0.1, -0.05) is 52.7 Å². The van der Waals surface area contributed by atoms with Gasteiger partial charge in [0.25, 0.3) is 0 Å². The molecule has 1 aromatic carbocycles. The number of hydrogen-bond acceptors (Lipinski definition) is 0. The van der Waals surface area contributed by atoms with E-state index >= 15 is 0 Å². The molecule has 1 aliphatic carbocycles. The summed E-state index contributed by atoms with van der Waals surface area (Å²) in [5.41, 5.74) is 1.18. The maximum absolute atomic E-state index is 12.8. The van der Waals surface area contributed by atoms with Gasteiger partial charge in [-0.2, -0.15) is 13.2 Å². The fraction of sp³-hybridized carbons (Fsp3) is 0.600. The van der Waals surface area contributed by atoms with Crippen LogP contribution in [-0.2, 0) is 6.42 Å². The first-order valence-corrected chi connectivity index (χ1v) is 7.63. The van der Waals surface area contributed by atoms with Crippen molar-refractivity contribution in [3.8, 4) is 0 Å². The van der Waals surface area contributed by atoms with E-state index in [4.69, 9.17) is 0 Å². The van der Waals surface area contributed by atoms with Crippen LogP contribution in [0.25, 0.3) is 0 Å². The molecule has 0 heterocycles. The minimum absolute atomic E-state index is 0.126. The van der Waals surface area contributed by atoms with Gasteiger partial charge in [-0.25, -0.2) is 0 Å². The Bertz CT molecular complexity index is 388. The van der Waals surface area contributed by atoms with Crippen LogP contribution >= 0.6 is 15.9 Å². The van der Waals surface area contributed by atoms with Crippen LogP contribution < -0.4 is 0 Å². The van der Waals surface area contributed by atoms with Crippen LogP contribution in [0.15, 0.2) is 30.3 Å². The SMILES string of the molecule is FC(F)(F)C1CCCC(C(Br)Cc2ccccc2)C1. The molecular formula is C15H18BrF3. The van der Waals surface area contributed by atoms with Gasteiger partial charge in [0.2, 0.25) is 0 Å². The highest BCUT2D eigenvalue weighted by Crippen LogP contribution is 2.42. The molecule has 0 spiro atoms. The molecule has 0 radical (unpaired) electrons. The van der Waals surface area contributed by atoms with Crippen LogP contribution in [0.3, 0.4) is 0 Å². The van der Waals surface area contributed by atoms with Crippen molar-refractivity contribution >= 4 is 15.9 Å². The zero-order valence-electron chi connectivity index (χ0n) is 10.7. The average Bonchev–Trinajstić information content (AvgIpc) is 2.39. The minimum Gasteiger partial charge on any atom is -0.171 e. The molecule has 106 valence electrons. The van der Waals surface area contributed by atoms with E-state index in [9.17, 15) is 13.2 Å². The quantitative estimate of drug-likeness (QED) is 0.652. The van der Waals surface area contributed by atoms with Gasteiger partial charge < -0.3 is 0 Å². The van der Waals surface area contributed by atoms with E-state index in [-0.39, 0.29) is 17.2 Å². The Labute approximate surface area is 120 Å². The first-order valence-electron chi connectivity index (χ1n) is 6.71. The fourth-order valence-electron chi connectivity index (χ4n) is 2.86. The first-order chi connectivity index (χ1) is 8.97. The topological polar surface area (TPSA) is 0 Å². The van der Waals surface area contributed by atoms with E-state index < -0.39 is 12.1 Å². The lowest BCUT2D eigenvalue weighted by Gasteiger charge is -2.33. The van der Waals surface area contributed by atoms with Crippen molar-refractivity contribution in [2.75, 3.05) is 0 Å². The summed E-state index contributed by atoms with van der Waals surface area (Å²) in [5.74, 6) is -0.984. The zero-order chi connectivity index (χ0) is 13.9. The van der Waals surface area contributed by atoms with E-state index in [1.54, 1.807) is 0 Å². The lowest BCUT2D eigenvalue weighted by Crippen LogP contribution is -2.32. The van der Waals surface area contributed by atoms with Gasteiger partial charge in [0.1, 0.15) is 0 Å². The smallest absolute Gasteiger partial charge is 0.171 e. The Kier molecular flexibility index (Phi) is 4.93. The number of alkyl halides is 4. The molecule has 3 atom stereocenters. The summed E-state index contributed by atoms with van der Waals surface area (Å²) in [6.45, 7) is 0. The van der Waals surface area contributed by atoms with E-state index in [0.717, 1.165) is 12.8 Å². The molecule has 1 fully saturated rings. The highest BCUT2D eigenvalue weighted by molar-refractivity contribution is 9.09. The van der Waals surface area contributed by atoms with Crippen LogP contribution in [0.5, 0.6) is 0 Å². The molecule has 1 aliphatic rings. The Morgan fingerprint density at radius 2 is 1.84 bits per heavy atom. The Morgan fingerprint density at radius 1 is 1.16 bits per heavy atom. The lowest BCUT2D eigenvalue weighted by molar-refractivity contribution is -0.185. The second kappa shape index (κ2) is 6.29. The van der Waals surface area contributed by atoms with E-state index in [1.807, 2.05) is 30.3 Å². The molecule has 3 unspecified atom stereocenters.